The minimum absolute atomic E-state index is 0.137. The number of thiophene rings is 1. The van der Waals surface area contributed by atoms with Gasteiger partial charge in [-0.1, -0.05) is 5.92 Å². The van der Waals surface area contributed by atoms with Crippen LogP contribution in [0.5, 0.6) is 5.75 Å². The number of ether oxygens (including phenoxy) is 1. The van der Waals surface area contributed by atoms with E-state index in [9.17, 15) is 9.90 Å². The molecule has 0 unspecified atom stereocenters. The van der Waals surface area contributed by atoms with Gasteiger partial charge in [-0.2, -0.15) is 11.3 Å². The maximum absolute atomic E-state index is 12.1. The molecule has 2 rings (SSSR count). The molecule has 0 spiro atoms. The lowest BCUT2D eigenvalue weighted by Gasteiger charge is -2.22. The minimum atomic E-state index is -1.09. The zero-order valence-corrected chi connectivity index (χ0v) is 13.0. The van der Waals surface area contributed by atoms with E-state index < -0.39 is 5.60 Å². The summed E-state index contributed by atoms with van der Waals surface area (Å²) in [5.41, 5.74) is 0.191. The Bertz CT molecular complexity index is 654. The number of benzene rings is 1. The fraction of sp³-hybridized carbons (Fsp3) is 0.235. The van der Waals surface area contributed by atoms with E-state index in [2.05, 4.69) is 11.2 Å². The van der Waals surface area contributed by atoms with Gasteiger partial charge in [0.15, 0.2) is 0 Å². The molecule has 1 heterocycles. The van der Waals surface area contributed by atoms with Crippen molar-refractivity contribution in [3.8, 4) is 18.1 Å². The number of terminal acetylenes is 1. The zero-order chi connectivity index (χ0) is 16.0. The zero-order valence-electron chi connectivity index (χ0n) is 12.2. The van der Waals surface area contributed by atoms with Crippen LogP contribution in [0.4, 0.5) is 0 Å². The Hall–Kier alpha value is -2.29. The molecule has 0 radical (unpaired) electrons. The molecule has 1 atom stereocenters. The smallest absolute Gasteiger partial charge is 0.251 e. The van der Waals surface area contributed by atoms with Gasteiger partial charge in [0.05, 0.1) is 6.54 Å². The molecule has 0 bridgehead atoms. The van der Waals surface area contributed by atoms with Crippen LogP contribution >= 0.6 is 11.3 Å². The van der Waals surface area contributed by atoms with Gasteiger partial charge in [-0.15, -0.1) is 6.42 Å². The van der Waals surface area contributed by atoms with Crippen molar-refractivity contribution in [2.75, 3.05) is 13.2 Å². The number of carbonyl (C=O) groups excluding carboxylic acids is 1. The molecule has 1 amide bonds. The molecule has 1 aromatic heterocycles. The van der Waals surface area contributed by atoms with Crippen molar-refractivity contribution < 1.29 is 14.6 Å². The van der Waals surface area contributed by atoms with Gasteiger partial charge in [0.1, 0.15) is 18.0 Å². The highest BCUT2D eigenvalue weighted by Crippen LogP contribution is 2.22. The summed E-state index contributed by atoms with van der Waals surface area (Å²) in [6.07, 6.45) is 5.11. The Kier molecular flexibility index (Phi) is 5.21. The highest BCUT2D eigenvalue weighted by Gasteiger charge is 2.24. The van der Waals surface area contributed by atoms with Crippen molar-refractivity contribution in [1.29, 1.82) is 0 Å². The fourth-order valence-corrected chi connectivity index (χ4v) is 2.64. The summed E-state index contributed by atoms with van der Waals surface area (Å²) >= 11 is 1.50. The lowest BCUT2D eigenvalue weighted by molar-refractivity contribution is 0.0530. The van der Waals surface area contributed by atoms with Gasteiger partial charge in [-0.05, 0) is 53.6 Å². The number of nitrogens with one attached hydrogen (secondary N) is 1. The first-order valence-electron chi connectivity index (χ1n) is 6.72. The first kappa shape index (κ1) is 16.1. The van der Waals surface area contributed by atoms with Crippen LogP contribution in [0.1, 0.15) is 22.8 Å². The third kappa shape index (κ3) is 4.10. The van der Waals surface area contributed by atoms with E-state index in [-0.39, 0.29) is 19.1 Å². The molecule has 114 valence electrons. The summed E-state index contributed by atoms with van der Waals surface area (Å²) in [6.45, 7) is 2.00. The molecule has 0 fully saturated rings. The first-order chi connectivity index (χ1) is 10.5. The number of rotatable bonds is 6. The van der Waals surface area contributed by atoms with Gasteiger partial charge in [0, 0.05) is 5.56 Å². The Morgan fingerprint density at radius 3 is 2.73 bits per heavy atom. The van der Waals surface area contributed by atoms with E-state index in [4.69, 9.17) is 11.2 Å². The van der Waals surface area contributed by atoms with Gasteiger partial charge in [-0.3, -0.25) is 4.79 Å². The number of hydrogen-bond donors (Lipinski definition) is 2. The molecule has 5 heteroatoms. The van der Waals surface area contributed by atoms with Gasteiger partial charge in [-0.25, -0.2) is 0 Å². The lowest BCUT2D eigenvalue weighted by atomic mass is 9.99. The van der Waals surface area contributed by atoms with Crippen molar-refractivity contribution in [3.05, 3.63) is 52.2 Å². The monoisotopic (exact) mass is 315 g/mol. The summed E-state index contributed by atoms with van der Waals surface area (Å²) in [6, 6.07) is 8.52. The Morgan fingerprint density at radius 2 is 2.14 bits per heavy atom. The molecular weight excluding hydrogens is 298 g/mol. The van der Waals surface area contributed by atoms with Crippen LogP contribution in [-0.4, -0.2) is 24.2 Å². The van der Waals surface area contributed by atoms with Crippen LogP contribution < -0.4 is 10.1 Å². The highest BCUT2D eigenvalue weighted by molar-refractivity contribution is 7.08. The van der Waals surface area contributed by atoms with Crippen molar-refractivity contribution >= 4 is 17.2 Å². The Labute approximate surface area is 133 Å². The van der Waals surface area contributed by atoms with Crippen molar-refractivity contribution in [3.63, 3.8) is 0 Å². The van der Waals surface area contributed by atoms with Crippen molar-refractivity contribution in [2.24, 2.45) is 0 Å². The van der Waals surface area contributed by atoms with Crippen LogP contribution in [0.2, 0.25) is 0 Å². The molecule has 0 saturated carbocycles. The van der Waals surface area contributed by atoms with E-state index in [0.29, 0.717) is 11.3 Å². The van der Waals surface area contributed by atoms with Crippen molar-refractivity contribution in [1.82, 2.24) is 5.32 Å². The van der Waals surface area contributed by atoms with Gasteiger partial charge >= 0.3 is 0 Å². The van der Waals surface area contributed by atoms with Crippen LogP contribution in [0.3, 0.4) is 0 Å². The summed E-state index contributed by atoms with van der Waals surface area (Å²) < 4.78 is 5.25. The summed E-state index contributed by atoms with van der Waals surface area (Å²) in [5, 5.41) is 16.9. The number of hydrogen-bond acceptors (Lipinski definition) is 4. The van der Waals surface area contributed by atoms with E-state index in [1.54, 1.807) is 31.2 Å². The molecule has 0 saturated heterocycles. The molecule has 22 heavy (non-hydrogen) atoms. The SMILES string of the molecule is C#CCOc1ccc(C(=O)NC[C@@](C)(O)c2ccsc2)cc1. The van der Waals surface area contributed by atoms with Crippen LogP contribution in [0.15, 0.2) is 41.1 Å². The second-order valence-electron chi connectivity index (χ2n) is 4.99. The minimum Gasteiger partial charge on any atom is -0.481 e. The predicted octanol–water partition coefficient (Wildman–Crippen LogP) is 2.40. The highest BCUT2D eigenvalue weighted by atomic mass is 32.1. The number of aliphatic hydroxyl groups is 1. The third-order valence-corrected chi connectivity index (χ3v) is 3.86. The molecule has 2 aromatic rings. The van der Waals surface area contributed by atoms with E-state index >= 15 is 0 Å². The lowest BCUT2D eigenvalue weighted by Crippen LogP contribution is -2.38. The first-order valence-corrected chi connectivity index (χ1v) is 7.67. The Morgan fingerprint density at radius 1 is 1.41 bits per heavy atom. The second-order valence-corrected chi connectivity index (χ2v) is 5.77. The van der Waals surface area contributed by atoms with E-state index in [0.717, 1.165) is 5.56 Å². The topological polar surface area (TPSA) is 58.6 Å². The average Bonchev–Trinajstić information content (AvgIpc) is 3.06. The van der Waals surface area contributed by atoms with Crippen molar-refractivity contribution in [2.45, 2.75) is 12.5 Å². The van der Waals surface area contributed by atoms with Crippen LogP contribution in [-0.2, 0) is 5.60 Å². The van der Waals surface area contributed by atoms with E-state index in [1.165, 1.54) is 11.3 Å². The largest absolute Gasteiger partial charge is 0.481 e. The molecule has 2 N–H and O–H groups in total. The van der Waals surface area contributed by atoms with Gasteiger partial charge in [0.2, 0.25) is 0 Å². The average molecular weight is 315 g/mol. The molecule has 1 aromatic carbocycles. The Balaban J connectivity index is 1.93. The van der Waals surface area contributed by atoms with Crippen LogP contribution in [0, 0.1) is 12.3 Å². The number of carbonyl (C=O) groups is 1. The normalized spacial score (nSPS) is 13.0. The third-order valence-electron chi connectivity index (χ3n) is 3.17. The second kappa shape index (κ2) is 7.12. The predicted molar refractivity (Wildman–Crippen MR) is 87.0 cm³/mol. The van der Waals surface area contributed by atoms with Gasteiger partial charge < -0.3 is 15.2 Å². The van der Waals surface area contributed by atoms with Gasteiger partial charge in [0.25, 0.3) is 5.91 Å². The maximum Gasteiger partial charge on any atom is 0.251 e. The standard InChI is InChI=1S/C17H17NO3S/c1-3-9-21-15-6-4-13(5-7-15)16(19)18-12-17(2,20)14-8-10-22-11-14/h1,4-8,10-11,20H,9,12H2,2H3,(H,18,19)/t17-/m1/s1. The number of amides is 1. The molecule has 0 aliphatic rings. The molecule has 4 nitrogen and oxygen atoms in total. The quantitative estimate of drug-likeness (QED) is 0.805. The molecule has 0 aliphatic heterocycles. The summed E-state index contributed by atoms with van der Waals surface area (Å²) in [4.78, 5) is 12.1. The fourth-order valence-electron chi connectivity index (χ4n) is 1.85. The molecular formula is C17H17NO3S. The summed E-state index contributed by atoms with van der Waals surface area (Å²) in [5.74, 6) is 2.74. The molecule has 0 aliphatic carbocycles. The summed E-state index contributed by atoms with van der Waals surface area (Å²) in [7, 11) is 0. The van der Waals surface area contributed by atoms with E-state index in [1.807, 2.05) is 16.8 Å². The van der Waals surface area contributed by atoms with Crippen LogP contribution in [0.25, 0.3) is 0 Å². The maximum atomic E-state index is 12.1.